The number of urea groups is 1. The predicted octanol–water partition coefficient (Wildman–Crippen LogP) is -1.32. The van der Waals surface area contributed by atoms with Crippen molar-refractivity contribution in [2.24, 2.45) is 10.9 Å². The summed E-state index contributed by atoms with van der Waals surface area (Å²) in [7, 11) is -3.91. The number of anilines is 1. The molecule has 0 aliphatic rings. The molecule has 0 radical (unpaired) electrons. The summed E-state index contributed by atoms with van der Waals surface area (Å²) in [5.41, 5.74) is 4.75. The average molecular weight is 223 g/mol. The van der Waals surface area contributed by atoms with Gasteiger partial charge in [-0.3, -0.25) is 5.32 Å². The van der Waals surface area contributed by atoms with Crippen molar-refractivity contribution >= 4 is 33.4 Å². The maximum Gasteiger partial charge on any atom is 0.317 e. The summed E-state index contributed by atoms with van der Waals surface area (Å²) in [6.45, 7) is 0. The molecule has 0 saturated carbocycles. The molecule has 13 heavy (non-hydrogen) atoms. The van der Waals surface area contributed by atoms with Gasteiger partial charge in [0.2, 0.25) is 0 Å². The molecular weight excluding hydrogens is 218 g/mol. The van der Waals surface area contributed by atoms with E-state index in [4.69, 9.17) is 10.9 Å². The fourth-order valence-corrected chi connectivity index (χ4v) is 1.81. The van der Waals surface area contributed by atoms with Gasteiger partial charge in [0.05, 0.1) is 0 Å². The Bertz CT molecular complexity index is 422. The molecule has 0 fully saturated rings. The molecule has 8 nitrogen and oxygen atoms in total. The zero-order chi connectivity index (χ0) is 10.1. The molecule has 10 heteroatoms. The Morgan fingerprint density at radius 2 is 2.15 bits per heavy atom. The van der Waals surface area contributed by atoms with E-state index in [1.165, 1.54) is 0 Å². The lowest BCUT2D eigenvalue weighted by Crippen LogP contribution is -2.22. The lowest BCUT2D eigenvalue weighted by molar-refractivity contribution is 0.259. The molecule has 0 aliphatic carbocycles. The number of nitrogens with zero attached hydrogens (tertiary/aromatic N) is 2. The van der Waals surface area contributed by atoms with Crippen molar-refractivity contribution in [1.82, 2.24) is 9.59 Å². The molecule has 0 atom stereocenters. The van der Waals surface area contributed by atoms with E-state index < -0.39 is 16.1 Å². The zero-order valence-electron chi connectivity index (χ0n) is 6.09. The van der Waals surface area contributed by atoms with Crippen LogP contribution >= 0.6 is 11.5 Å². The number of primary sulfonamides is 1. The Hall–Kier alpha value is -1.26. The molecule has 5 N–H and O–H groups in total. The number of carbonyl (C=O) groups excluding carboxylic acids is 1. The quantitative estimate of drug-likeness (QED) is 0.569. The Labute approximate surface area is 77.1 Å². The molecule has 1 rings (SSSR count). The second-order valence-corrected chi connectivity index (χ2v) is 4.45. The number of rotatable bonds is 2. The van der Waals surface area contributed by atoms with Crippen molar-refractivity contribution in [1.29, 1.82) is 0 Å². The first kappa shape index (κ1) is 9.83. The van der Waals surface area contributed by atoms with Crippen molar-refractivity contribution in [3.05, 3.63) is 0 Å². The van der Waals surface area contributed by atoms with E-state index in [0.29, 0.717) is 11.5 Å². The van der Waals surface area contributed by atoms with Gasteiger partial charge in [0.1, 0.15) is 0 Å². The van der Waals surface area contributed by atoms with Crippen LogP contribution in [0.2, 0.25) is 0 Å². The van der Waals surface area contributed by atoms with Gasteiger partial charge in [-0.25, -0.2) is 18.4 Å². The van der Waals surface area contributed by atoms with Gasteiger partial charge in [-0.2, -0.15) is 0 Å². The number of hydrogen-bond acceptors (Lipinski definition) is 6. The standard InChI is InChI=1S/C3H5N5O3S2/c4-3(9)6-1-2(12-8-7-1)13(5,10)11/h(H3,4,6,9)(H2,5,10,11). The van der Waals surface area contributed by atoms with Gasteiger partial charge in [-0.1, -0.05) is 4.49 Å². The SMILES string of the molecule is NC(=O)Nc1nnsc1S(N)(=O)=O. The fourth-order valence-electron chi connectivity index (χ4n) is 0.562. The number of aromatic nitrogens is 2. The molecule has 0 bridgehead atoms. The maximum atomic E-state index is 10.8. The van der Waals surface area contributed by atoms with Crippen molar-refractivity contribution in [3.8, 4) is 0 Å². The van der Waals surface area contributed by atoms with Crippen molar-refractivity contribution in [2.45, 2.75) is 4.21 Å². The topological polar surface area (TPSA) is 141 Å². The first-order valence-corrected chi connectivity index (χ1v) is 5.15. The second-order valence-electron chi connectivity index (χ2n) is 1.94. The van der Waals surface area contributed by atoms with E-state index in [2.05, 4.69) is 9.59 Å². The number of sulfonamides is 1. The molecule has 0 aliphatic heterocycles. The third-order valence-corrected chi connectivity index (χ3v) is 3.11. The lowest BCUT2D eigenvalue weighted by Gasteiger charge is -1.97. The summed E-state index contributed by atoms with van der Waals surface area (Å²) < 4.78 is 24.6. The van der Waals surface area contributed by atoms with Crippen molar-refractivity contribution < 1.29 is 13.2 Å². The first-order valence-electron chi connectivity index (χ1n) is 2.83. The Balaban J connectivity index is 3.11. The molecule has 1 aromatic rings. The van der Waals surface area contributed by atoms with Gasteiger partial charge >= 0.3 is 6.03 Å². The lowest BCUT2D eigenvalue weighted by atomic mass is 10.8. The van der Waals surface area contributed by atoms with Gasteiger partial charge in [0.15, 0.2) is 10.0 Å². The van der Waals surface area contributed by atoms with Crippen LogP contribution in [0.25, 0.3) is 0 Å². The Kier molecular flexibility index (Phi) is 2.45. The molecule has 0 aromatic carbocycles. The molecule has 0 unspecified atom stereocenters. The summed E-state index contributed by atoms with van der Waals surface area (Å²) in [6.07, 6.45) is 0. The summed E-state index contributed by atoms with van der Waals surface area (Å²) in [5, 5.41) is 10.1. The molecule has 0 spiro atoms. The van der Waals surface area contributed by atoms with Crippen LogP contribution in [0.3, 0.4) is 0 Å². The number of primary amides is 1. The zero-order valence-corrected chi connectivity index (χ0v) is 7.72. The van der Waals surface area contributed by atoms with E-state index in [-0.39, 0.29) is 10.0 Å². The summed E-state index contributed by atoms with van der Waals surface area (Å²) in [6, 6.07) is -0.933. The largest absolute Gasteiger partial charge is 0.351 e. The van der Waals surface area contributed by atoms with E-state index in [9.17, 15) is 13.2 Å². The number of hydrogen-bond donors (Lipinski definition) is 3. The molecular formula is C3H5N5O3S2. The van der Waals surface area contributed by atoms with Gasteiger partial charge in [-0.15, -0.1) is 5.10 Å². The van der Waals surface area contributed by atoms with Gasteiger partial charge in [0, 0.05) is 11.5 Å². The highest BCUT2D eigenvalue weighted by atomic mass is 32.2. The monoisotopic (exact) mass is 223 g/mol. The van der Waals surface area contributed by atoms with Crippen LogP contribution < -0.4 is 16.2 Å². The van der Waals surface area contributed by atoms with Crippen LogP contribution in [0.15, 0.2) is 4.21 Å². The summed E-state index contributed by atoms with van der Waals surface area (Å²) in [5.74, 6) is -0.250. The van der Waals surface area contributed by atoms with Crippen LogP contribution in [0.1, 0.15) is 0 Å². The number of carbonyl (C=O) groups is 1. The summed E-state index contributed by atoms with van der Waals surface area (Å²) >= 11 is 0.554. The minimum atomic E-state index is -3.91. The molecule has 0 saturated heterocycles. The smallest absolute Gasteiger partial charge is 0.317 e. The molecule has 72 valence electrons. The minimum Gasteiger partial charge on any atom is -0.351 e. The second kappa shape index (κ2) is 3.24. The molecule has 1 heterocycles. The Morgan fingerprint density at radius 3 is 2.62 bits per heavy atom. The Morgan fingerprint density at radius 1 is 1.54 bits per heavy atom. The molecule has 2 amide bonds. The first-order chi connectivity index (χ1) is 5.91. The minimum absolute atomic E-state index is 0.250. The van der Waals surface area contributed by atoms with Crippen molar-refractivity contribution in [3.63, 3.8) is 0 Å². The maximum absolute atomic E-state index is 10.8. The third kappa shape index (κ3) is 2.34. The third-order valence-electron chi connectivity index (χ3n) is 0.958. The summed E-state index contributed by atoms with van der Waals surface area (Å²) in [4.78, 5) is 10.4. The highest BCUT2D eigenvalue weighted by molar-refractivity contribution is 7.91. The fraction of sp³-hybridized carbons (Fsp3) is 0. The van der Waals surface area contributed by atoms with Gasteiger partial charge < -0.3 is 5.73 Å². The highest BCUT2D eigenvalue weighted by Crippen LogP contribution is 2.19. The van der Waals surface area contributed by atoms with Crippen LogP contribution in [-0.4, -0.2) is 24.0 Å². The normalized spacial score (nSPS) is 11.2. The molecule has 1 aromatic heterocycles. The van der Waals surface area contributed by atoms with Crippen LogP contribution in [-0.2, 0) is 10.0 Å². The van der Waals surface area contributed by atoms with E-state index >= 15 is 0 Å². The average Bonchev–Trinajstić information content (AvgIpc) is 2.31. The predicted molar refractivity (Wildman–Crippen MR) is 44.5 cm³/mol. The number of amides is 2. The van der Waals surface area contributed by atoms with Gasteiger partial charge in [0.25, 0.3) is 10.0 Å². The highest BCUT2D eigenvalue weighted by Gasteiger charge is 2.19. The van der Waals surface area contributed by atoms with E-state index in [0.717, 1.165) is 0 Å². The van der Waals surface area contributed by atoms with Crippen LogP contribution in [0, 0.1) is 0 Å². The van der Waals surface area contributed by atoms with E-state index in [1.54, 1.807) is 0 Å². The van der Waals surface area contributed by atoms with Crippen LogP contribution in [0.5, 0.6) is 0 Å². The van der Waals surface area contributed by atoms with Crippen LogP contribution in [0.4, 0.5) is 10.6 Å². The van der Waals surface area contributed by atoms with E-state index in [1.807, 2.05) is 5.32 Å². The van der Waals surface area contributed by atoms with Crippen molar-refractivity contribution in [2.75, 3.05) is 5.32 Å². The number of nitrogens with one attached hydrogen (secondary N) is 1. The van der Waals surface area contributed by atoms with Gasteiger partial charge in [-0.05, 0) is 0 Å². The number of nitrogens with two attached hydrogens (primary N) is 2.